The predicted molar refractivity (Wildman–Crippen MR) is 70.8 cm³/mol. The molecule has 2 atom stereocenters. The highest BCUT2D eigenvalue weighted by Gasteiger charge is 2.25. The number of nitrogens with zero attached hydrogens (tertiary/aromatic N) is 1. The fourth-order valence-electron chi connectivity index (χ4n) is 1.73. The third kappa shape index (κ3) is 3.94. The molecule has 0 saturated heterocycles. The first kappa shape index (κ1) is 14.3. The maximum Gasteiger partial charge on any atom is 0.123 e. The highest BCUT2D eigenvalue weighted by atomic mass is 16.5. The molecule has 1 rings (SSSR count). The molecule has 0 aromatic heterocycles. The van der Waals surface area contributed by atoms with E-state index in [2.05, 4.69) is 11.4 Å². The van der Waals surface area contributed by atoms with E-state index in [1.807, 2.05) is 38.1 Å². The van der Waals surface area contributed by atoms with Crippen LogP contribution >= 0.6 is 0 Å². The van der Waals surface area contributed by atoms with Crippen LogP contribution < -0.4 is 14.8 Å². The van der Waals surface area contributed by atoms with Crippen molar-refractivity contribution in [1.82, 2.24) is 5.32 Å². The summed E-state index contributed by atoms with van der Waals surface area (Å²) in [5.41, 5.74) is -0.571. The Morgan fingerprint density at radius 1 is 1.44 bits per heavy atom. The van der Waals surface area contributed by atoms with Crippen molar-refractivity contribution in [2.24, 2.45) is 0 Å². The Bertz CT molecular complexity index is 428. The minimum absolute atomic E-state index is 0.0609. The zero-order valence-electron chi connectivity index (χ0n) is 11.4. The zero-order valence-corrected chi connectivity index (χ0v) is 11.4. The van der Waals surface area contributed by atoms with Gasteiger partial charge >= 0.3 is 0 Å². The first-order valence-corrected chi connectivity index (χ1v) is 5.94. The third-order valence-electron chi connectivity index (χ3n) is 2.87. The van der Waals surface area contributed by atoms with Crippen LogP contribution in [0.4, 0.5) is 0 Å². The van der Waals surface area contributed by atoms with Crippen molar-refractivity contribution in [3.8, 4) is 17.6 Å². The standard InChI is InChI=1S/C14H20N2O2/c1-11(9-14(2,10-15)16-3)18-13-7-5-6-12(8-13)17-4/h5-8,11,16H,9H2,1-4H3. The fraction of sp³-hybridized carbons (Fsp3) is 0.500. The quantitative estimate of drug-likeness (QED) is 0.839. The second-order valence-corrected chi connectivity index (χ2v) is 4.51. The SMILES string of the molecule is CNC(C)(C#N)CC(C)Oc1cccc(OC)c1. The summed E-state index contributed by atoms with van der Waals surface area (Å²) in [5.74, 6) is 1.51. The molecule has 0 fully saturated rings. The minimum atomic E-state index is -0.571. The molecular weight excluding hydrogens is 228 g/mol. The molecule has 0 aliphatic carbocycles. The molecule has 1 aromatic rings. The van der Waals surface area contributed by atoms with Crippen LogP contribution in [0.5, 0.6) is 11.5 Å². The second kappa shape index (κ2) is 6.27. The Morgan fingerprint density at radius 3 is 2.67 bits per heavy atom. The van der Waals surface area contributed by atoms with E-state index in [-0.39, 0.29) is 6.10 Å². The van der Waals surface area contributed by atoms with Gasteiger partial charge < -0.3 is 14.8 Å². The lowest BCUT2D eigenvalue weighted by atomic mass is 9.97. The van der Waals surface area contributed by atoms with Crippen LogP contribution in [0.25, 0.3) is 0 Å². The molecule has 1 aromatic carbocycles. The number of nitrogens with one attached hydrogen (secondary N) is 1. The molecule has 0 amide bonds. The molecule has 0 radical (unpaired) electrons. The maximum absolute atomic E-state index is 9.09. The predicted octanol–water partition coefficient (Wildman–Crippen LogP) is 2.35. The van der Waals surface area contributed by atoms with Crippen molar-refractivity contribution in [3.05, 3.63) is 24.3 Å². The van der Waals surface area contributed by atoms with E-state index in [0.29, 0.717) is 6.42 Å². The van der Waals surface area contributed by atoms with Crippen molar-refractivity contribution in [2.45, 2.75) is 31.9 Å². The van der Waals surface area contributed by atoms with Gasteiger partial charge in [0.15, 0.2) is 0 Å². The normalized spacial score (nSPS) is 15.3. The molecule has 0 aliphatic rings. The Labute approximate surface area is 109 Å². The lowest BCUT2D eigenvalue weighted by molar-refractivity contribution is 0.182. The van der Waals surface area contributed by atoms with Crippen molar-refractivity contribution >= 4 is 0 Å². The van der Waals surface area contributed by atoms with Gasteiger partial charge in [0.25, 0.3) is 0 Å². The van der Waals surface area contributed by atoms with Gasteiger partial charge in [0.1, 0.15) is 17.0 Å². The third-order valence-corrected chi connectivity index (χ3v) is 2.87. The van der Waals surface area contributed by atoms with Gasteiger partial charge in [0.2, 0.25) is 0 Å². The molecule has 0 heterocycles. The highest BCUT2D eigenvalue weighted by Crippen LogP contribution is 2.22. The first-order chi connectivity index (χ1) is 8.53. The van der Waals surface area contributed by atoms with Crippen LogP contribution in [0.3, 0.4) is 0 Å². The number of ether oxygens (including phenoxy) is 2. The summed E-state index contributed by atoms with van der Waals surface area (Å²) in [7, 11) is 3.40. The Morgan fingerprint density at radius 2 is 2.11 bits per heavy atom. The molecule has 18 heavy (non-hydrogen) atoms. The van der Waals surface area contributed by atoms with E-state index < -0.39 is 5.54 Å². The van der Waals surface area contributed by atoms with Crippen molar-refractivity contribution in [2.75, 3.05) is 14.2 Å². The summed E-state index contributed by atoms with van der Waals surface area (Å²) in [6.07, 6.45) is 0.547. The van der Waals surface area contributed by atoms with Crippen molar-refractivity contribution in [1.29, 1.82) is 5.26 Å². The van der Waals surface area contributed by atoms with Crippen LogP contribution in [-0.4, -0.2) is 25.8 Å². The van der Waals surface area contributed by atoms with E-state index >= 15 is 0 Å². The second-order valence-electron chi connectivity index (χ2n) is 4.51. The van der Waals surface area contributed by atoms with Crippen molar-refractivity contribution in [3.63, 3.8) is 0 Å². The molecule has 2 unspecified atom stereocenters. The summed E-state index contributed by atoms with van der Waals surface area (Å²) in [6.45, 7) is 3.81. The average molecular weight is 248 g/mol. The van der Waals surface area contributed by atoms with Gasteiger partial charge in [-0.05, 0) is 33.0 Å². The van der Waals surface area contributed by atoms with Crippen LogP contribution in [0.1, 0.15) is 20.3 Å². The van der Waals surface area contributed by atoms with E-state index in [1.165, 1.54) is 0 Å². The smallest absolute Gasteiger partial charge is 0.123 e. The van der Waals surface area contributed by atoms with Gasteiger partial charge in [0.05, 0.1) is 19.3 Å². The average Bonchev–Trinajstić information content (AvgIpc) is 2.38. The summed E-state index contributed by atoms with van der Waals surface area (Å²) in [5, 5.41) is 12.1. The zero-order chi connectivity index (χ0) is 13.6. The van der Waals surface area contributed by atoms with E-state index in [9.17, 15) is 0 Å². The molecule has 1 N–H and O–H groups in total. The summed E-state index contributed by atoms with van der Waals surface area (Å²) in [4.78, 5) is 0. The lowest BCUT2D eigenvalue weighted by Crippen LogP contribution is -2.41. The Kier molecular flexibility index (Phi) is 4.99. The lowest BCUT2D eigenvalue weighted by Gasteiger charge is -2.25. The van der Waals surface area contributed by atoms with Crippen molar-refractivity contribution < 1.29 is 9.47 Å². The van der Waals surface area contributed by atoms with Gasteiger partial charge in [-0.15, -0.1) is 0 Å². The maximum atomic E-state index is 9.09. The van der Waals surface area contributed by atoms with E-state index in [1.54, 1.807) is 14.2 Å². The molecule has 98 valence electrons. The van der Waals surface area contributed by atoms with Gasteiger partial charge in [-0.2, -0.15) is 5.26 Å². The number of hydrogen-bond acceptors (Lipinski definition) is 4. The van der Waals surface area contributed by atoms with Gasteiger partial charge in [0, 0.05) is 12.5 Å². The topological polar surface area (TPSA) is 54.3 Å². The molecule has 0 aliphatic heterocycles. The summed E-state index contributed by atoms with van der Waals surface area (Å²) in [6, 6.07) is 9.70. The van der Waals surface area contributed by atoms with E-state index in [0.717, 1.165) is 11.5 Å². The monoisotopic (exact) mass is 248 g/mol. The van der Waals surface area contributed by atoms with Gasteiger partial charge in [-0.3, -0.25) is 0 Å². The highest BCUT2D eigenvalue weighted by molar-refractivity contribution is 5.33. The molecule has 4 heteroatoms. The van der Waals surface area contributed by atoms with Crippen LogP contribution in [0, 0.1) is 11.3 Å². The van der Waals surface area contributed by atoms with Crippen LogP contribution in [0.15, 0.2) is 24.3 Å². The number of hydrogen-bond donors (Lipinski definition) is 1. The number of rotatable bonds is 6. The summed E-state index contributed by atoms with van der Waals surface area (Å²) >= 11 is 0. The number of methoxy groups -OCH3 is 1. The Hall–Kier alpha value is -1.73. The minimum Gasteiger partial charge on any atom is -0.497 e. The van der Waals surface area contributed by atoms with Crippen LogP contribution in [-0.2, 0) is 0 Å². The Balaban J connectivity index is 2.64. The fourth-order valence-corrected chi connectivity index (χ4v) is 1.73. The largest absolute Gasteiger partial charge is 0.497 e. The number of nitriles is 1. The molecule has 0 bridgehead atoms. The first-order valence-electron chi connectivity index (χ1n) is 5.94. The molecule has 4 nitrogen and oxygen atoms in total. The van der Waals surface area contributed by atoms with Gasteiger partial charge in [-0.25, -0.2) is 0 Å². The molecule has 0 saturated carbocycles. The number of benzene rings is 1. The van der Waals surface area contributed by atoms with Gasteiger partial charge in [-0.1, -0.05) is 6.07 Å². The summed E-state index contributed by atoms with van der Waals surface area (Å²) < 4.78 is 10.9. The van der Waals surface area contributed by atoms with Crippen LogP contribution in [0.2, 0.25) is 0 Å². The van der Waals surface area contributed by atoms with E-state index in [4.69, 9.17) is 14.7 Å². The molecular formula is C14H20N2O2. The molecule has 0 spiro atoms.